The highest BCUT2D eigenvalue weighted by atomic mass is 19.4. The van der Waals surface area contributed by atoms with Gasteiger partial charge in [0, 0.05) is 11.3 Å². The lowest BCUT2D eigenvalue weighted by Gasteiger charge is -2.38. The van der Waals surface area contributed by atoms with Crippen molar-refractivity contribution in [2.24, 2.45) is 11.0 Å². The second-order valence-corrected chi connectivity index (χ2v) is 6.10. The van der Waals surface area contributed by atoms with Crippen molar-refractivity contribution in [3.63, 3.8) is 0 Å². The van der Waals surface area contributed by atoms with Crippen LogP contribution in [0.3, 0.4) is 0 Å². The van der Waals surface area contributed by atoms with Crippen LogP contribution in [0, 0.1) is 12.8 Å². The molecule has 1 amide bonds. The first-order valence-electron chi connectivity index (χ1n) is 7.53. The molecule has 7 heteroatoms. The van der Waals surface area contributed by atoms with E-state index in [-0.39, 0.29) is 22.7 Å². The second-order valence-electron chi connectivity index (χ2n) is 6.10. The van der Waals surface area contributed by atoms with E-state index in [4.69, 9.17) is 0 Å². The van der Waals surface area contributed by atoms with Gasteiger partial charge in [-0.2, -0.15) is 23.3 Å². The number of amides is 1. The molecule has 0 saturated heterocycles. The van der Waals surface area contributed by atoms with Gasteiger partial charge in [0.15, 0.2) is 0 Å². The highest BCUT2D eigenvalue weighted by Crippen LogP contribution is 2.48. The van der Waals surface area contributed by atoms with E-state index < -0.39 is 23.7 Å². The number of nitrogens with zero attached hydrogens (tertiary/aromatic N) is 2. The van der Waals surface area contributed by atoms with Crippen molar-refractivity contribution < 1.29 is 23.1 Å². The van der Waals surface area contributed by atoms with Gasteiger partial charge in [0.05, 0.1) is 5.92 Å². The van der Waals surface area contributed by atoms with Crippen LogP contribution < -0.4 is 0 Å². The van der Waals surface area contributed by atoms with Crippen LogP contribution in [0.25, 0.3) is 0 Å². The number of rotatable bonds is 1. The van der Waals surface area contributed by atoms with Crippen molar-refractivity contribution in [2.75, 3.05) is 0 Å². The lowest BCUT2D eigenvalue weighted by atomic mass is 9.80. The number of carbonyl (C=O) groups excluding carboxylic acids is 1. The van der Waals surface area contributed by atoms with Crippen molar-refractivity contribution >= 4 is 11.6 Å². The number of carbonyl (C=O) groups is 1. The molecule has 1 fully saturated rings. The quantitative estimate of drug-likeness (QED) is 0.861. The summed E-state index contributed by atoms with van der Waals surface area (Å²) in [5, 5.41) is 14.5. The Kier molecular flexibility index (Phi) is 3.71. The predicted octanol–water partition coefficient (Wildman–Crippen LogP) is 3.25. The van der Waals surface area contributed by atoms with E-state index in [1.165, 1.54) is 12.1 Å². The van der Waals surface area contributed by atoms with Gasteiger partial charge in [-0.05, 0) is 38.3 Å². The molecule has 4 nitrogen and oxygen atoms in total. The number of hydrogen-bond donors (Lipinski definition) is 1. The maximum atomic E-state index is 13.6. The van der Waals surface area contributed by atoms with E-state index in [0.717, 1.165) is 12.0 Å². The Morgan fingerprint density at radius 1 is 1.30 bits per heavy atom. The van der Waals surface area contributed by atoms with E-state index >= 15 is 0 Å². The zero-order valence-electron chi connectivity index (χ0n) is 12.6. The molecule has 23 heavy (non-hydrogen) atoms. The molecule has 0 spiro atoms. The van der Waals surface area contributed by atoms with Crippen LogP contribution in [0.2, 0.25) is 0 Å². The first-order valence-corrected chi connectivity index (χ1v) is 7.53. The number of fused-ring (bicyclic) bond motifs is 1. The smallest absolute Gasteiger partial charge is 0.362 e. The Labute approximate surface area is 131 Å². The van der Waals surface area contributed by atoms with Gasteiger partial charge in [0.2, 0.25) is 0 Å². The molecule has 1 aromatic carbocycles. The van der Waals surface area contributed by atoms with Gasteiger partial charge >= 0.3 is 6.18 Å². The van der Waals surface area contributed by atoms with E-state index in [0.29, 0.717) is 12.8 Å². The first-order chi connectivity index (χ1) is 10.7. The first kappa shape index (κ1) is 16.0. The Morgan fingerprint density at radius 2 is 1.96 bits per heavy atom. The SMILES string of the molecule is Cc1ccc(C(=O)N2N=C3CCCCC3C2(O)C(F)(F)F)cc1. The number of aryl methyl sites for hydroxylation is 1. The van der Waals surface area contributed by atoms with Gasteiger partial charge in [0.1, 0.15) is 0 Å². The van der Waals surface area contributed by atoms with E-state index in [1.807, 2.05) is 6.92 Å². The molecule has 2 unspecified atom stereocenters. The average Bonchev–Trinajstić information content (AvgIpc) is 2.82. The minimum absolute atomic E-state index is 0.0706. The van der Waals surface area contributed by atoms with Crippen molar-refractivity contribution in [1.82, 2.24) is 5.01 Å². The lowest BCUT2D eigenvalue weighted by molar-refractivity contribution is -0.312. The molecule has 1 saturated carbocycles. The Balaban J connectivity index is 2.03. The summed E-state index contributed by atoms with van der Waals surface area (Å²) in [6, 6.07) is 6.15. The average molecular weight is 326 g/mol. The number of aliphatic hydroxyl groups is 1. The van der Waals surface area contributed by atoms with Gasteiger partial charge in [0.25, 0.3) is 11.6 Å². The monoisotopic (exact) mass is 326 g/mol. The highest BCUT2D eigenvalue weighted by molar-refractivity contribution is 5.99. The summed E-state index contributed by atoms with van der Waals surface area (Å²) in [5.74, 6) is -2.11. The lowest BCUT2D eigenvalue weighted by Crippen LogP contribution is -2.61. The third-order valence-electron chi connectivity index (χ3n) is 4.52. The molecular weight excluding hydrogens is 309 g/mol. The van der Waals surface area contributed by atoms with Crippen LogP contribution in [0.4, 0.5) is 13.2 Å². The summed E-state index contributed by atoms with van der Waals surface area (Å²) in [6.45, 7) is 1.81. The van der Waals surface area contributed by atoms with E-state index in [1.54, 1.807) is 12.1 Å². The maximum Gasteiger partial charge on any atom is 0.439 e. The highest BCUT2D eigenvalue weighted by Gasteiger charge is 2.68. The molecule has 1 aliphatic carbocycles. The summed E-state index contributed by atoms with van der Waals surface area (Å²) in [5.41, 5.74) is -2.04. The molecule has 2 aliphatic rings. The van der Waals surface area contributed by atoms with Crippen LogP contribution >= 0.6 is 0 Å². The number of alkyl halides is 3. The van der Waals surface area contributed by atoms with Crippen molar-refractivity contribution in [2.45, 2.75) is 44.5 Å². The van der Waals surface area contributed by atoms with Crippen molar-refractivity contribution in [3.8, 4) is 0 Å². The molecule has 1 aliphatic heterocycles. The summed E-state index contributed by atoms with van der Waals surface area (Å²) in [4.78, 5) is 12.5. The maximum absolute atomic E-state index is 13.6. The molecular formula is C16H17F3N2O2. The topological polar surface area (TPSA) is 52.9 Å². The summed E-state index contributed by atoms with van der Waals surface area (Å²) >= 11 is 0. The number of hydrazone groups is 1. The van der Waals surface area contributed by atoms with Gasteiger partial charge in [-0.25, -0.2) is 0 Å². The third-order valence-corrected chi connectivity index (χ3v) is 4.52. The van der Waals surface area contributed by atoms with Gasteiger partial charge in [-0.15, -0.1) is 0 Å². The second kappa shape index (κ2) is 5.33. The Morgan fingerprint density at radius 3 is 2.57 bits per heavy atom. The molecule has 2 atom stereocenters. The molecule has 1 heterocycles. The molecule has 124 valence electrons. The fourth-order valence-corrected chi connectivity index (χ4v) is 3.24. The van der Waals surface area contributed by atoms with Crippen molar-refractivity contribution in [1.29, 1.82) is 0 Å². The molecule has 1 N–H and O–H groups in total. The number of halogens is 3. The fraction of sp³-hybridized carbons (Fsp3) is 0.500. The number of hydrogen-bond acceptors (Lipinski definition) is 3. The zero-order chi connectivity index (χ0) is 16.8. The number of benzene rings is 1. The minimum atomic E-state index is -4.97. The van der Waals surface area contributed by atoms with Crippen LogP contribution in [0.5, 0.6) is 0 Å². The fourth-order valence-electron chi connectivity index (χ4n) is 3.24. The largest absolute Gasteiger partial charge is 0.439 e. The normalized spacial score (nSPS) is 27.6. The molecule has 0 aromatic heterocycles. The Hall–Kier alpha value is -1.89. The summed E-state index contributed by atoms with van der Waals surface area (Å²) < 4.78 is 40.8. The molecule has 0 bridgehead atoms. The minimum Gasteiger partial charge on any atom is -0.362 e. The van der Waals surface area contributed by atoms with Crippen molar-refractivity contribution in [3.05, 3.63) is 35.4 Å². The van der Waals surface area contributed by atoms with Crippen LogP contribution in [-0.2, 0) is 0 Å². The van der Waals surface area contributed by atoms with E-state index in [9.17, 15) is 23.1 Å². The molecule has 0 radical (unpaired) electrons. The standard InChI is InChI=1S/C16H17F3N2O2/c1-10-6-8-11(9-7-10)14(22)21-15(23,16(17,18)19)12-4-2-3-5-13(12)20-21/h6-9,12,23H,2-5H2,1H3. The van der Waals surface area contributed by atoms with Gasteiger partial charge in [-0.1, -0.05) is 24.1 Å². The molecule has 1 aromatic rings. The van der Waals surface area contributed by atoms with Crippen LogP contribution in [-0.4, -0.2) is 33.6 Å². The third kappa shape index (κ3) is 2.43. The Bertz CT molecular complexity index is 654. The van der Waals surface area contributed by atoms with Crippen LogP contribution in [0.1, 0.15) is 41.6 Å². The van der Waals surface area contributed by atoms with Gasteiger partial charge < -0.3 is 5.11 Å². The zero-order valence-corrected chi connectivity index (χ0v) is 12.6. The van der Waals surface area contributed by atoms with Crippen LogP contribution in [0.15, 0.2) is 29.4 Å². The van der Waals surface area contributed by atoms with Gasteiger partial charge in [-0.3, -0.25) is 4.79 Å². The molecule has 3 rings (SSSR count). The van der Waals surface area contributed by atoms with E-state index in [2.05, 4.69) is 5.10 Å². The predicted molar refractivity (Wildman–Crippen MR) is 77.7 cm³/mol. The summed E-state index contributed by atoms with van der Waals surface area (Å²) in [7, 11) is 0. The summed E-state index contributed by atoms with van der Waals surface area (Å²) in [6.07, 6.45) is -3.13.